The van der Waals surface area contributed by atoms with Crippen LogP contribution in [0.2, 0.25) is 0 Å². The van der Waals surface area contributed by atoms with E-state index in [1.807, 2.05) is 18.8 Å². The summed E-state index contributed by atoms with van der Waals surface area (Å²) in [5.41, 5.74) is 2.38. The van der Waals surface area contributed by atoms with E-state index >= 15 is 0 Å². The summed E-state index contributed by atoms with van der Waals surface area (Å²) in [4.78, 5) is 7.13. The smallest absolute Gasteiger partial charge is 0.129 e. The number of hydrogen-bond acceptors (Lipinski definition) is 4. The summed E-state index contributed by atoms with van der Waals surface area (Å²) >= 11 is 1.90. The number of anilines is 1. The first-order chi connectivity index (χ1) is 10.2. The molecule has 0 saturated carbocycles. The Hall–Kier alpha value is -1.26. The first kappa shape index (κ1) is 16.1. The Labute approximate surface area is 132 Å². The zero-order valence-electron chi connectivity index (χ0n) is 13.4. The van der Waals surface area contributed by atoms with Gasteiger partial charge in [0.05, 0.1) is 5.52 Å². The molecule has 0 spiro atoms. The summed E-state index contributed by atoms with van der Waals surface area (Å²) in [5, 5.41) is 4.49. The fraction of sp³-hybridized carbons (Fsp3) is 0.471. The van der Waals surface area contributed by atoms with Gasteiger partial charge in [0.2, 0.25) is 0 Å². The monoisotopic (exact) mass is 303 g/mol. The van der Waals surface area contributed by atoms with E-state index in [2.05, 4.69) is 60.8 Å². The average Bonchev–Trinajstić information content (AvgIpc) is 2.52. The van der Waals surface area contributed by atoms with Gasteiger partial charge in [0.15, 0.2) is 0 Å². The third kappa shape index (κ3) is 3.89. The molecule has 0 aliphatic carbocycles. The third-order valence-corrected chi connectivity index (χ3v) is 4.56. The number of para-hydroxylation sites is 1. The van der Waals surface area contributed by atoms with Crippen LogP contribution >= 0.6 is 11.8 Å². The first-order valence-corrected chi connectivity index (χ1v) is 8.81. The highest BCUT2D eigenvalue weighted by Crippen LogP contribution is 2.24. The van der Waals surface area contributed by atoms with Crippen molar-refractivity contribution in [3.05, 3.63) is 35.9 Å². The molecule has 1 atom stereocenters. The molecule has 3 nitrogen and oxygen atoms in total. The standard InChI is InChI=1S/C17H25N3S/c1-13(9-10-21-4)20(3)17-11-14(12-18-2)15-7-5-6-8-16(15)19-17/h5-8,11,13,18H,9-10,12H2,1-4H3. The quantitative estimate of drug-likeness (QED) is 0.847. The molecule has 114 valence electrons. The molecule has 0 aliphatic rings. The molecular formula is C17H25N3S. The molecule has 1 aromatic heterocycles. The second-order valence-corrected chi connectivity index (χ2v) is 6.41. The normalized spacial score (nSPS) is 12.6. The maximum absolute atomic E-state index is 4.84. The van der Waals surface area contributed by atoms with Crippen molar-refractivity contribution in [1.82, 2.24) is 10.3 Å². The first-order valence-electron chi connectivity index (χ1n) is 7.42. The number of rotatable bonds is 7. The summed E-state index contributed by atoms with van der Waals surface area (Å²) in [6, 6.07) is 11.1. The molecule has 2 aromatic rings. The molecule has 1 heterocycles. The maximum Gasteiger partial charge on any atom is 0.129 e. The molecule has 0 amide bonds. The van der Waals surface area contributed by atoms with E-state index in [9.17, 15) is 0 Å². The highest BCUT2D eigenvalue weighted by Gasteiger charge is 2.13. The fourth-order valence-electron chi connectivity index (χ4n) is 2.46. The van der Waals surface area contributed by atoms with Crippen LogP contribution in [-0.2, 0) is 6.54 Å². The third-order valence-electron chi connectivity index (χ3n) is 3.92. The van der Waals surface area contributed by atoms with Crippen molar-refractivity contribution in [2.75, 3.05) is 31.0 Å². The van der Waals surface area contributed by atoms with Crippen molar-refractivity contribution in [1.29, 1.82) is 0 Å². The molecule has 0 saturated heterocycles. The van der Waals surface area contributed by atoms with Gasteiger partial charge in [-0.15, -0.1) is 0 Å². The van der Waals surface area contributed by atoms with Gasteiger partial charge in [-0.3, -0.25) is 0 Å². The van der Waals surface area contributed by atoms with Gasteiger partial charge in [0, 0.05) is 25.0 Å². The molecule has 0 fully saturated rings. The fourth-order valence-corrected chi connectivity index (χ4v) is 3.03. The summed E-state index contributed by atoms with van der Waals surface area (Å²) in [6.07, 6.45) is 3.33. The summed E-state index contributed by atoms with van der Waals surface area (Å²) in [7, 11) is 4.13. The van der Waals surface area contributed by atoms with Crippen LogP contribution in [0.3, 0.4) is 0 Å². The number of benzene rings is 1. The Morgan fingerprint density at radius 3 is 2.81 bits per heavy atom. The lowest BCUT2D eigenvalue weighted by Crippen LogP contribution is -2.30. The van der Waals surface area contributed by atoms with Crippen LogP contribution in [0.5, 0.6) is 0 Å². The number of hydrogen-bond donors (Lipinski definition) is 1. The van der Waals surface area contributed by atoms with Crippen LogP contribution < -0.4 is 10.2 Å². The van der Waals surface area contributed by atoms with Crippen molar-refractivity contribution >= 4 is 28.5 Å². The second kappa shape index (κ2) is 7.66. The number of pyridine rings is 1. The van der Waals surface area contributed by atoms with Crippen molar-refractivity contribution in [3.63, 3.8) is 0 Å². The van der Waals surface area contributed by atoms with Crippen LogP contribution in [0.1, 0.15) is 18.9 Å². The van der Waals surface area contributed by atoms with E-state index in [0.29, 0.717) is 6.04 Å². The molecule has 1 aromatic carbocycles. The molecule has 21 heavy (non-hydrogen) atoms. The van der Waals surface area contributed by atoms with E-state index in [1.54, 1.807) is 0 Å². The van der Waals surface area contributed by atoms with Crippen LogP contribution in [0.4, 0.5) is 5.82 Å². The minimum atomic E-state index is 0.494. The van der Waals surface area contributed by atoms with Crippen LogP contribution in [0.15, 0.2) is 30.3 Å². The molecular weight excluding hydrogens is 278 g/mol. The lowest BCUT2D eigenvalue weighted by molar-refractivity contribution is 0.662. The van der Waals surface area contributed by atoms with Gasteiger partial charge in [-0.05, 0) is 50.1 Å². The van der Waals surface area contributed by atoms with E-state index < -0.39 is 0 Å². The Morgan fingerprint density at radius 2 is 2.10 bits per heavy atom. The SMILES string of the molecule is CNCc1cc(N(C)C(C)CCSC)nc2ccccc12. The Kier molecular flexibility index (Phi) is 5.88. The van der Waals surface area contributed by atoms with Gasteiger partial charge in [0.25, 0.3) is 0 Å². The van der Waals surface area contributed by atoms with Crippen molar-refractivity contribution in [2.45, 2.75) is 25.9 Å². The topological polar surface area (TPSA) is 28.2 Å². The summed E-state index contributed by atoms with van der Waals surface area (Å²) < 4.78 is 0. The highest BCUT2D eigenvalue weighted by atomic mass is 32.2. The zero-order valence-corrected chi connectivity index (χ0v) is 14.2. The summed E-state index contributed by atoms with van der Waals surface area (Å²) in [6.45, 7) is 3.13. The zero-order chi connectivity index (χ0) is 15.2. The lowest BCUT2D eigenvalue weighted by Gasteiger charge is -2.26. The second-order valence-electron chi connectivity index (χ2n) is 5.43. The summed E-state index contributed by atoms with van der Waals surface area (Å²) in [5.74, 6) is 2.25. The number of aromatic nitrogens is 1. The van der Waals surface area contributed by atoms with E-state index in [-0.39, 0.29) is 0 Å². The minimum Gasteiger partial charge on any atom is -0.357 e. The van der Waals surface area contributed by atoms with Crippen LogP contribution in [0, 0.1) is 0 Å². The predicted molar refractivity (Wildman–Crippen MR) is 95.4 cm³/mol. The Morgan fingerprint density at radius 1 is 1.33 bits per heavy atom. The van der Waals surface area contributed by atoms with E-state index in [0.717, 1.165) is 17.9 Å². The highest BCUT2D eigenvalue weighted by molar-refractivity contribution is 7.98. The van der Waals surface area contributed by atoms with Gasteiger partial charge in [0.1, 0.15) is 5.82 Å². The van der Waals surface area contributed by atoms with E-state index in [1.165, 1.54) is 23.1 Å². The van der Waals surface area contributed by atoms with Gasteiger partial charge in [-0.2, -0.15) is 11.8 Å². The minimum absolute atomic E-state index is 0.494. The van der Waals surface area contributed by atoms with Crippen LogP contribution in [0.25, 0.3) is 10.9 Å². The number of fused-ring (bicyclic) bond motifs is 1. The predicted octanol–water partition coefficient (Wildman–Crippen LogP) is 3.53. The van der Waals surface area contributed by atoms with Gasteiger partial charge in [-0.1, -0.05) is 18.2 Å². The maximum atomic E-state index is 4.84. The Bertz CT molecular complexity index is 585. The molecule has 1 unspecified atom stereocenters. The van der Waals surface area contributed by atoms with Gasteiger partial charge in [-0.25, -0.2) is 4.98 Å². The average molecular weight is 303 g/mol. The molecule has 0 radical (unpaired) electrons. The van der Waals surface area contributed by atoms with Crippen molar-refractivity contribution in [3.8, 4) is 0 Å². The number of thioether (sulfide) groups is 1. The molecule has 1 N–H and O–H groups in total. The van der Waals surface area contributed by atoms with Crippen molar-refractivity contribution in [2.24, 2.45) is 0 Å². The molecule has 4 heteroatoms. The van der Waals surface area contributed by atoms with Crippen molar-refractivity contribution < 1.29 is 0 Å². The molecule has 0 aliphatic heterocycles. The number of nitrogens with zero attached hydrogens (tertiary/aromatic N) is 2. The lowest BCUT2D eigenvalue weighted by atomic mass is 10.1. The molecule has 0 bridgehead atoms. The number of nitrogens with one attached hydrogen (secondary N) is 1. The largest absolute Gasteiger partial charge is 0.357 e. The Balaban J connectivity index is 2.35. The van der Waals surface area contributed by atoms with Crippen LogP contribution in [-0.4, -0.2) is 37.1 Å². The van der Waals surface area contributed by atoms with Gasteiger partial charge < -0.3 is 10.2 Å². The molecule has 2 rings (SSSR count). The van der Waals surface area contributed by atoms with Gasteiger partial charge >= 0.3 is 0 Å². The van der Waals surface area contributed by atoms with E-state index in [4.69, 9.17) is 4.98 Å².